The Bertz CT molecular complexity index is 1160. The second-order valence-electron chi connectivity index (χ2n) is 5.79. The number of nitrogens with zero attached hydrogens (tertiary/aromatic N) is 2. The van der Waals surface area contributed by atoms with Gasteiger partial charge in [-0.15, -0.1) is 0 Å². The van der Waals surface area contributed by atoms with Gasteiger partial charge in [0.05, 0.1) is 16.2 Å². The molecule has 8 heteroatoms. The minimum Gasteiger partial charge on any atom is -0.224 e. The number of sulfone groups is 2. The molecule has 0 aliphatic heterocycles. The lowest BCUT2D eigenvalue weighted by Gasteiger charge is -2.08. The van der Waals surface area contributed by atoms with Crippen LogP contribution in [0, 0.1) is 6.92 Å². The van der Waals surface area contributed by atoms with Crippen LogP contribution >= 0.6 is 0 Å². The highest BCUT2D eigenvalue weighted by atomic mass is 32.2. The minimum atomic E-state index is -3.75. The maximum atomic E-state index is 12.6. The van der Waals surface area contributed by atoms with Crippen LogP contribution in [0.2, 0.25) is 0 Å². The lowest BCUT2D eigenvalue weighted by atomic mass is 10.2. The van der Waals surface area contributed by atoms with Crippen LogP contribution < -0.4 is 0 Å². The molecule has 0 aliphatic carbocycles. The first-order valence-corrected chi connectivity index (χ1v) is 11.0. The molecular weight excluding hydrogens is 360 g/mol. The van der Waals surface area contributed by atoms with Gasteiger partial charge in [-0.05, 0) is 30.7 Å². The van der Waals surface area contributed by atoms with Gasteiger partial charge in [0.15, 0.2) is 9.84 Å². The highest BCUT2D eigenvalue weighted by Gasteiger charge is 2.21. The quantitative estimate of drug-likeness (QED) is 0.649. The Morgan fingerprint density at radius 2 is 1.60 bits per heavy atom. The summed E-state index contributed by atoms with van der Waals surface area (Å²) in [5.41, 5.74) is 1.41. The van der Waals surface area contributed by atoms with Crippen molar-refractivity contribution in [3.8, 4) is 0 Å². The van der Waals surface area contributed by atoms with Gasteiger partial charge in [0.1, 0.15) is 0 Å². The van der Waals surface area contributed by atoms with Crippen molar-refractivity contribution in [2.75, 3.05) is 6.26 Å². The number of benzene rings is 2. The van der Waals surface area contributed by atoms with Crippen LogP contribution in [0.25, 0.3) is 10.9 Å². The van der Waals surface area contributed by atoms with Crippen molar-refractivity contribution in [2.24, 2.45) is 0 Å². The largest absolute Gasteiger partial charge is 0.248 e. The molecule has 0 saturated carbocycles. The van der Waals surface area contributed by atoms with Gasteiger partial charge in [0, 0.05) is 17.3 Å². The fourth-order valence-electron chi connectivity index (χ4n) is 2.47. The number of aromatic nitrogens is 2. The van der Waals surface area contributed by atoms with Crippen molar-refractivity contribution in [1.82, 2.24) is 9.97 Å². The Labute approximate surface area is 146 Å². The number of hydrogen-bond donors (Lipinski definition) is 0. The van der Waals surface area contributed by atoms with Crippen molar-refractivity contribution in [1.29, 1.82) is 0 Å². The number of fused-ring (bicyclic) bond motifs is 1. The van der Waals surface area contributed by atoms with Crippen LogP contribution in [0.3, 0.4) is 0 Å². The van der Waals surface area contributed by atoms with Gasteiger partial charge >= 0.3 is 0 Å². The topological polar surface area (TPSA) is 94.1 Å². The highest BCUT2D eigenvalue weighted by Crippen LogP contribution is 2.22. The van der Waals surface area contributed by atoms with Crippen LogP contribution in [0.4, 0.5) is 0 Å². The lowest BCUT2D eigenvalue weighted by Crippen LogP contribution is -2.11. The zero-order valence-corrected chi connectivity index (χ0v) is 15.3. The molecule has 0 fully saturated rings. The second kappa shape index (κ2) is 6.20. The van der Waals surface area contributed by atoms with Gasteiger partial charge < -0.3 is 0 Å². The summed E-state index contributed by atoms with van der Waals surface area (Å²) in [5.74, 6) is -0.218. The minimum absolute atomic E-state index is 0.0875. The summed E-state index contributed by atoms with van der Waals surface area (Å²) in [6.45, 7) is 1.67. The standard InChI is InChI=1S/C17H16N2O4S2/c1-12-15-9-8-14(24(2,20)21)10-16(15)19-17(18-12)25(22,23)11-13-6-4-3-5-7-13/h3-10H,11H2,1-2H3. The summed E-state index contributed by atoms with van der Waals surface area (Å²) in [5, 5.41) is 0.318. The predicted octanol–water partition coefficient (Wildman–Crippen LogP) is 2.32. The molecule has 2 aromatic carbocycles. The van der Waals surface area contributed by atoms with Gasteiger partial charge in [-0.2, -0.15) is 0 Å². The smallest absolute Gasteiger partial charge is 0.224 e. The molecule has 3 rings (SSSR count). The Hall–Kier alpha value is -2.32. The van der Waals surface area contributed by atoms with Gasteiger partial charge in [0.25, 0.3) is 0 Å². The van der Waals surface area contributed by atoms with E-state index in [1.807, 2.05) is 0 Å². The maximum absolute atomic E-state index is 12.6. The first-order chi connectivity index (χ1) is 11.7. The van der Waals surface area contributed by atoms with Crippen molar-refractivity contribution in [3.63, 3.8) is 0 Å². The molecule has 25 heavy (non-hydrogen) atoms. The molecule has 0 saturated heterocycles. The third-order valence-corrected chi connectivity index (χ3v) is 6.31. The molecule has 0 bridgehead atoms. The Kier molecular flexibility index (Phi) is 4.34. The van der Waals surface area contributed by atoms with Crippen LogP contribution in [0.15, 0.2) is 58.6 Å². The molecule has 0 aliphatic rings. The summed E-state index contributed by atoms with van der Waals surface area (Å²) < 4.78 is 48.7. The fourth-order valence-corrected chi connectivity index (χ4v) is 4.38. The molecule has 0 atom stereocenters. The van der Waals surface area contributed by atoms with Gasteiger partial charge in [0.2, 0.25) is 15.0 Å². The van der Waals surface area contributed by atoms with E-state index in [9.17, 15) is 16.8 Å². The Balaban J connectivity index is 2.13. The van der Waals surface area contributed by atoms with Crippen molar-refractivity contribution in [3.05, 3.63) is 59.8 Å². The molecule has 1 heterocycles. The third kappa shape index (κ3) is 3.69. The van der Waals surface area contributed by atoms with E-state index < -0.39 is 19.7 Å². The summed E-state index contributed by atoms with van der Waals surface area (Å²) in [6, 6.07) is 13.2. The fraction of sp³-hybridized carbons (Fsp3) is 0.176. The number of hydrogen-bond acceptors (Lipinski definition) is 6. The molecule has 0 spiro atoms. The number of rotatable bonds is 4. The van der Waals surface area contributed by atoms with Crippen LogP contribution in [-0.4, -0.2) is 33.1 Å². The first kappa shape index (κ1) is 17.5. The molecule has 130 valence electrons. The average molecular weight is 376 g/mol. The molecule has 6 nitrogen and oxygen atoms in total. The Morgan fingerprint density at radius 3 is 2.24 bits per heavy atom. The average Bonchev–Trinajstić information content (AvgIpc) is 2.54. The van der Waals surface area contributed by atoms with Crippen LogP contribution in [-0.2, 0) is 25.4 Å². The van der Waals surface area contributed by atoms with Gasteiger partial charge in [-0.3, -0.25) is 0 Å². The van der Waals surface area contributed by atoms with E-state index in [4.69, 9.17) is 0 Å². The molecule has 3 aromatic rings. The van der Waals surface area contributed by atoms with E-state index in [-0.39, 0.29) is 15.8 Å². The molecule has 0 amide bonds. The molecule has 0 N–H and O–H groups in total. The third-order valence-electron chi connectivity index (χ3n) is 3.74. The van der Waals surface area contributed by atoms with Gasteiger partial charge in [-0.1, -0.05) is 30.3 Å². The monoisotopic (exact) mass is 376 g/mol. The maximum Gasteiger partial charge on any atom is 0.248 e. The lowest BCUT2D eigenvalue weighted by molar-refractivity contribution is 0.586. The highest BCUT2D eigenvalue weighted by molar-refractivity contribution is 7.90. The van der Waals surface area contributed by atoms with E-state index in [0.29, 0.717) is 22.2 Å². The van der Waals surface area contributed by atoms with E-state index in [0.717, 1.165) is 6.26 Å². The zero-order chi connectivity index (χ0) is 18.2. The van der Waals surface area contributed by atoms with Gasteiger partial charge in [-0.25, -0.2) is 26.8 Å². The predicted molar refractivity (Wildman–Crippen MR) is 94.7 cm³/mol. The summed E-state index contributed by atoms with van der Waals surface area (Å²) in [7, 11) is -7.16. The first-order valence-electron chi connectivity index (χ1n) is 7.42. The Morgan fingerprint density at radius 1 is 0.920 bits per heavy atom. The summed E-state index contributed by atoms with van der Waals surface area (Å²) >= 11 is 0. The van der Waals surface area contributed by atoms with E-state index >= 15 is 0 Å². The van der Waals surface area contributed by atoms with Crippen molar-refractivity contribution in [2.45, 2.75) is 22.7 Å². The normalized spacial score (nSPS) is 12.4. The zero-order valence-electron chi connectivity index (χ0n) is 13.7. The van der Waals surface area contributed by atoms with E-state index in [2.05, 4.69) is 9.97 Å². The molecule has 0 unspecified atom stereocenters. The molecular formula is C17H16N2O4S2. The van der Waals surface area contributed by atoms with Crippen molar-refractivity contribution < 1.29 is 16.8 Å². The van der Waals surface area contributed by atoms with Crippen LogP contribution in [0.1, 0.15) is 11.3 Å². The summed E-state index contributed by atoms with van der Waals surface area (Å²) in [4.78, 5) is 8.31. The van der Waals surface area contributed by atoms with E-state index in [1.54, 1.807) is 43.3 Å². The second-order valence-corrected chi connectivity index (χ2v) is 9.69. The van der Waals surface area contributed by atoms with Crippen molar-refractivity contribution >= 4 is 30.6 Å². The van der Waals surface area contributed by atoms with E-state index in [1.165, 1.54) is 12.1 Å². The molecule has 0 radical (unpaired) electrons. The molecule has 1 aromatic heterocycles. The summed E-state index contributed by atoms with van der Waals surface area (Å²) in [6.07, 6.45) is 1.09. The number of aryl methyl sites for hydroxylation is 1. The SMILES string of the molecule is Cc1nc(S(=O)(=O)Cc2ccccc2)nc2cc(S(C)(=O)=O)ccc12. The van der Waals surface area contributed by atoms with Crippen LogP contribution in [0.5, 0.6) is 0 Å².